The van der Waals surface area contributed by atoms with Gasteiger partial charge in [-0.25, -0.2) is 0 Å². The minimum Gasteiger partial charge on any atom is -0.451 e. The Labute approximate surface area is 177 Å². The number of esters is 1. The Kier molecular flexibility index (Phi) is 7.33. The molecule has 0 aliphatic rings. The number of halogens is 3. The molecule has 1 aromatic heterocycles. The number of rotatable bonds is 7. The normalized spacial score (nSPS) is 12.0. The summed E-state index contributed by atoms with van der Waals surface area (Å²) in [6.45, 7) is 2.36. The van der Waals surface area contributed by atoms with Gasteiger partial charge in [-0.3, -0.25) is 24.5 Å². The number of anilines is 1. The number of hydrogen-bond donors (Lipinski definition) is 2. The molecule has 1 heterocycles. The van der Waals surface area contributed by atoms with Gasteiger partial charge in [0.2, 0.25) is 0 Å². The molecule has 0 fully saturated rings. The number of non-ortho nitro benzene ring substituents is 1. The molecule has 0 bridgehead atoms. The number of nitrogens with zero attached hydrogens (tertiary/aromatic N) is 1. The number of thiophene rings is 1. The van der Waals surface area contributed by atoms with Gasteiger partial charge >= 0.3 is 12.1 Å². The van der Waals surface area contributed by atoms with E-state index in [2.05, 4.69) is 5.32 Å². The summed E-state index contributed by atoms with van der Waals surface area (Å²) in [7, 11) is 0. The van der Waals surface area contributed by atoms with Crippen LogP contribution in [-0.2, 0) is 20.5 Å². The van der Waals surface area contributed by atoms with Gasteiger partial charge in [0.15, 0.2) is 6.10 Å². The number of hydrogen-bond acceptors (Lipinski definition) is 7. The molecule has 9 nitrogen and oxygen atoms in total. The number of aryl methyl sites for hydroxylation is 1. The first-order chi connectivity index (χ1) is 14.4. The highest BCUT2D eigenvalue weighted by molar-refractivity contribution is 7.13. The third-order valence-corrected chi connectivity index (χ3v) is 4.81. The van der Waals surface area contributed by atoms with E-state index in [1.54, 1.807) is 19.1 Å². The first kappa shape index (κ1) is 23.8. The van der Waals surface area contributed by atoms with Gasteiger partial charge in [-0.2, -0.15) is 13.2 Å². The highest BCUT2D eigenvalue weighted by Crippen LogP contribution is 2.37. The summed E-state index contributed by atoms with van der Waals surface area (Å²) >= 11 is 1.21. The number of nitro benzene ring substituents is 1. The molecule has 2 N–H and O–H groups in total. The van der Waals surface area contributed by atoms with E-state index in [0.29, 0.717) is 4.88 Å². The van der Waals surface area contributed by atoms with Gasteiger partial charge in [-0.05, 0) is 32.0 Å². The zero-order valence-electron chi connectivity index (χ0n) is 16.1. The van der Waals surface area contributed by atoms with Crippen LogP contribution in [0.15, 0.2) is 30.3 Å². The van der Waals surface area contributed by atoms with Crippen molar-refractivity contribution >= 4 is 40.5 Å². The lowest BCUT2D eigenvalue weighted by molar-refractivity contribution is -0.385. The van der Waals surface area contributed by atoms with Crippen LogP contribution in [0.3, 0.4) is 0 Å². The Morgan fingerprint density at radius 2 is 1.90 bits per heavy atom. The van der Waals surface area contributed by atoms with E-state index >= 15 is 0 Å². The summed E-state index contributed by atoms with van der Waals surface area (Å²) in [4.78, 5) is 46.8. The summed E-state index contributed by atoms with van der Waals surface area (Å²) in [6, 6.07) is 5.10. The van der Waals surface area contributed by atoms with Crippen LogP contribution in [0.5, 0.6) is 0 Å². The number of carbonyl (C=O) groups is 3. The van der Waals surface area contributed by atoms with E-state index in [4.69, 9.17) is 4.74 Å². The molecule has 31 heavy (non-hydrogen) atoms. The van der Waals surface area contributed by atoms with E-state index in [0.717, 1.165) is 23.9 Å². The predicted molar refractivity (Wildman–Crippen MR) is 104 cm³/mol. The maximum absolute atomic E-state index is 13.2. The first-order valence-electron chi connectivity index (χ1n) is 8.59. The van der Waals surface area contributed by atoms with Crippen molar-refractivity contribution < 1.29 is 37.2 Å². The zero-order chi connectivity index (χ0) is 23.3. The highest BCUT2D eigenvalue weighted by Gasteiger charge is 2.36. The Morgan fingerprint density at radius 3 is 2.45 bits per heavy atom. The predicted octanol–water partition coefficient (Wildman–Crippen LogP) is 3.28. The standard InChI is InChI=1S/C18H16F3N3O6S/c1-9-3-6-14(31-9)17(27)22-8-15(25)30-10(2)16(26)23-13-5-4-11(24(28)29)7-12(13)18(19,20)21/h3-7,10H,8H2,1-2H3,(H,22,27)(H,23,26)/t10-/m0/s1. The average molecular weight is 459 g/mol. The van der Waals surface area contributed by atoms with E-state index in [1.807, 2.05) is 5.32 Å². The van der Waals surface area contributed by atoms with E-state index in [-0.39, 0.29) is 6.07 Å². The number of alkyl halides is 3. The van der Waals surface area contributed by atoms with Crippen LogP contribution < -0.4 is 10.6 Å². The average Bonchev–Trinajstić information content (AvgIpc) is 3.11. The van der Waals surface area contributed by atoms with E-state index < -0.39 is 58.5 Å². The number of benzene rings is 1. The summed E-state index contributed by atoms with van der Waals surface area (Å²) < 4.78 is 44.3. The van der Waals surface area contributed by atoms with Crippen LogP contribution in [0, 0.1) is 17.0 Å². The number of nitro groups is 1. The van der Waals surface area contributed by atoms with Crippen LogP contribution in [0.4, 0.5) is 24.5 Å². The lowest BCUT2D eigenvalue weighted by Crippen LogP contribution is -2.35. The van der Waals surface area contributed by atoms with Crippen molar-refractivity contribution in [3.63, 3.8) is 0 Å². The summed E-state index contributed by atoms with van der Waals surface area (Å²) in [5.41, 5.74) is -2.96. The molecule has 2 amide bonds. The molecule has 0 saturated heterocycles. The van der Waals surface area contributed by atoms with Crippen LogP contribution in [0.2, 0.25) is 0 Å². The van der Waals surface area contributed by atoms with Gasteiger partial charge in [0, 0.05) is 17.0 Å². The Hall–Kier alpha value is -3.48. The second-order valence-electron chi connectivity index (χ2n) is 6.20. The lowest BCUT2D eigenvalue weighted by atomic mass is 10.1. The highest BCUT2D eigenvalue weighted by atomic mass is 32.1. The SMILES string of the molecule is Cc1ccc(C(=O)NCC(=O)O[C@@H](C)C(=O)Nc2ccc([N+](=O)[O-])cc2C(F)(F)F)s1. The maximum atomic E-state index is 13.2. The fourth-order valence-corrected chi connectivity index (χ4v) is 3.10. The molecule has 0 aliphatic carbocycles. The molecule has 2 aromatic rings. The van der Waals surface area contributed by atoms with Crippen molar-refractivity contribution in [3.05, 3.63) is 55.8 Å². The van der Waals surface area contributed by atoms with Crippen LogP contribution in [-0.4, -0.2) is 35.4 Å². The van der Waals surface area contributed by atoms with E-state index in [1.165, 1.54) is 11.3 Å². The van der Waals surface area contributed by atoms with Crippen LogP contribution in [0.25, 0.3) is 0 Å². The minimum atomic E-state index is -4.97. The third kappa shape index (κ3) is 6.50. The molecule has 0 radical (unpaired) electrons. The monoisotopic (exact) mass is 459 g/mol. The molecule has 166 valence electrons. The third-order valence-electron chi connectivity index (χ3n) is 3.81. The van der Waals surface area contributed by atoms with Gasteiger partial charge in [0.25, 0.3) is 17.5 Å². The smallest absolute Gasteiger partial charge is 0.418 e. The maximum Gasteiger partial charge on any atom is 0.418 e. The zero-order valence-corrected chi connectivity index (χ0v) is 16.9. The molecular weight excluding hydrogens is 443 g/mol. The molecule has 1 atom stereocenters. The Bertz CT molecular complexity index is 1020. The van der Waals surface area contributed by atoms with Crippen molar-refractivity contribution in [1.29, 1.82) is 0 Å². The van der Waals surface area contributed by atoms with Gasteiger partial charge < -0.3 is 15.4 Å². The summed E-state index contributed by atoms with van der Waals surface area (Å²) in [5, 5.41) is 15.0. The summed E-state index contributed by atoms with van der Waals surface area (Å²) in [6.07, 6.45) is -6.47. The molecule has 2 rings (SSSR count). The van der Waals surface area contributed by atoms with Crippen molar-refractivity contribution in [1.82, 2.24) is 5.32 Å². The number of carbonyl (C=O) groups excluding carboxylic acids is 3. The molecule has 0 unspecified atom stereocenters. The first-order valence-corrected chi connectivity index (χ1v) is 9.40. The number of nitrogens with one attached hydrogen (secondary N) is 2. The molecule has 0 aliphatic heterocycles. The van der Waals surface area contributed by atoms with E-state index in [9.17, 15) is 37.7 Å². The largest absolute Gasteiger partial charge is 0.451 e. The van der Waals surface area contributed by atoms with Crippen molar-refractivity contribution in [2.75, 3.05) is 11.9 Å². The van der Waals surface area contributed by atoms with Gasteiger partial charge in [-0.1, -0.05) is 0 Å². The number of amides is 2. The Balaban J connectivity index is 1.98. The second kappa shape index (κ2) is 9.55. The summed E-state index contributed by atoms with van der Waals surface area (Å²) in [5.74, 6) is -2.59. The van der Waals surface area contributed by atoms with Crippen LogP contribution in [0.1, 0.15) is 27.0 Å². The van der Waals surface area contributed by atoms with Gasteiger partial charge in [-0.15, -0.1) is 11.3 Å². The lowest BCUT2D eigenvalue weighted by Gasteiger charge is -2.17. The molecule has 0 saturated carbocycles. The van der Waals surface area contributed by atoms with Crippen molar-refractivity contribution in [3.8, 4) is 0 Å². The molecule has 13 heteroatoms. The fraction of sp³-hybridized carbons (Fsp3) is 0.278. The minimum absolute atomic E-state index is 0.286. The number of ether oxygens (including phenoxy) is 1. The van der Waals surface area contributed by atoms with Crippen LogP contribution >= 0.6 is 11.3 Å². The molecular formula is C18H16F3N3O6S. The van der Waals surface area contributed by atoms with Gasteiger partial charge in [0.1, 0.15) is 6.54 Å². The fourth-order valence-electron chi connectivity index (χ4n) is 2.31. The molecule has 0 spiro atoms. The van der Waals surface area contributed by atoms with Gasteiger partial charge in [0.05, 0.1) is 21.1 Å². The van der Waals surface area contributed by atoms with Crippen molar-refractivity contribution in [2.24, 2.45) is 0 Å². The second-order valence-corrected chi connectivity index (χ2v) is 7.49. The topological polar surface area (TPSA) is 128 Å². The molecule has 1 aromatic carbocycles. The quantitative estimate of drug-likeness (QED) is 0.372. The Morgan fingerprint density at radius 1 is 1.23 bits per heavy atom. The van der Waals surface area contributed by atoms with Crippen molar-refractivity contribution in [2.45, 2.75) is 26.1 Å².